The molecule has 0 aliphatic carbocycles. The summed E-state index contributed by atoms with van der Waals surface area (Å²) in [5.41, 5.74) is 4.50. The van der Waals surface area contributed by atoms with Crippen LogP contribution in [-0.2, 0) is 0 Å². The Kier molecular flexibility index (Phi) is 7.65. The van der Waals surface area contributed by atoms with Gasteiger partial charge in [0.1, 0.15) is 5.69 Å². The number of unbranched alkanes of at least 4 members (excludes halogenated alkanes) is 2. The number of aromatic nitrogens is 2. The lowest BCUT2D eigenvalue weighted by Crippen LogP contribution is -2.31. The highest BCUT2D eigenvalue weighted by atomic mass is 32.1. The van der Waals surface area contributed by atoms with Crippen LogP contribution in [0.5, 0.6) is 0 Å². The van der Waals surface area contributed by atoms with Crippen LogP contribution in [0.1, 0.15) is 38.8 Å². The predicted octanol–water partition coefficient (Wildman–Crippen LogP) is 1.90. The molecule has 0 spiro atoms. The van der Waals surface area contributed by atoms with Gasteiger partial charge in [-0.25, -0.2) is 0 Å². The van der Waals surface area contributed by atoms with Gasteiger partial charge in [0.25, 0.3) is 0 Å². The van der Waals surface area contributed by atoms with E-state index in [4.69, 9.17) is 12.2 Å². The first-order valence-electron chi connectivity index (χ1n) is 6.54. The molecule has 0 unspecified atom stereocenters. The molecule has 0 bridgehead atoms. The van der Waals surface area contributed by atoms with Gasteiger partial charge in [0.15, 0.2) is 0 Å². The number of thiocarbonyl (C=S) groups is 1. The fourth-order valence-corrected chi connectivity index (χ4v) is 1.61. The van der Waals surface area contributed by atoms with Crippen molar-refractivity contribution in [1.29, 1.82) is 0 Å². The van der Waals surface area contributed by atoms with E-state index in [2.05, 4.69) is 32.7 Å². The molecule has 5 nitrogen and oxygen atoms in total. The van der Waals surface area contributed by atoms with Crippen molar-refractivity contribution in [1.82, 2.24) is 20.7 Å². The zero-order valence-electron chi connectivity index (χ0n) is 11.5. The molecular weight excluding hydrogens is 258 g/mol. The fourth-order valence-electron chi connectivity index (χ4n) is 1.44. The Hall–Kier alpha value is -1.56. The fraction of sp³-hybridized carbons (Fsp3) is 0.538. The van der Waals surface area contributed by atoms with E-state index in [1.165, 1.54) is 12.8 Å². The van der Waals surface area contributed by atoms with E-state index in [9.17, 15) is 0 Å². The molecule has 6 heteroatoms. The molecule has 0 fully saturated rings. The van der Waals surface area contributed by atoms with Crippen LogP contribution >= 0.6 is 12.2 Å². The quantitative estimate of drug-likeness (QED) is 0.329. The van der Waals surface area contributed by atoms with E-state index in [0.29, 0.717) is 6.54 Å². The SMILES string of the molecule is CCCCCNC(=S)CN/N=C(\C)c1cnccn1. The zero-order valence-corrected chi connectivity index (χ0v) is 12.3. The molecule has 1 rings (SSSR count). The third-order valence-corrected chi connectivity index (χ3v) is 2.81. The summed E-state index contributed by atoms with van der Waals surface area (Å²) in [5, 5.41) is 7.42. The number of rotatable bonds is 8. The van der Waals surface area contributed by atoms with Gasteiger partial charge < -0.3 is 10.7 Å². The summed E-state index contributed by atoms with van der Waals surface area (Å²) >= 11 is 5.20. The molecule has 1 aromatic rings. The molecule has 104 valence electrons. The highest BCUT2D eigenvalue weighted by Gasteiger charge is 1.98. The molecule has 0 saturated heterocycles. The number of hydrogen-bond acceptors (Lipinski definition) is 5. The minimum Gasteiger partial charge on any atom is -0.378 e. The molecule has 0 saturated carbocycles. The normalized spacial score (nSPS) is 11.2. The van der Waals surface area contributed by atoms with E-state index >= 15 is 0 Å². The summed E-state index contributed by atoms with van der Waals surface area (Å²) in [6, 6.07) is 0. The van der Waals surface area contributed by atoms with Crippen molar-refractivity contribution < 1.29 is 0 Å². The van der Waals surface area contributed by atoms with Crippen LogP contribution in [0.25, 0.3) is 0 Å². The van der Waals surface area contributed by atoms with E-state index in [-0.39, 0.29) is 0 Å². The highest BCUT2D eigenvalue weighted by molar-refractivity contribution is 7.80. The van der Waals surface area contributed by atoms with Gasteiger partial charge >= 0.3 is 0 Å². The van der Waals surface area contributed by atoms with Gasteiger partial charge in [0.2, 0.25) is 0 Å². The van der Waals surface area contributed by atoms with Crippen molar-refractivity contribution in [2.75, 3.05) is 13.1 Å². The van der Waals surface area contributed by atoms with Gasteiger partial charge in [-0.05, 0) is 13.3 Å². The van der Waals surface area contributed by atoms with Gasteiger partial charge in [0, 0.05) is 18.9 Å². The van der Waals surface area contributed by atoms with Crippen molar-refractivity contribution in [2.45, 2.75) is 33.1 Å². The van der Waals surface area contributed by atoms with Crippen molar-refractivity contribution in [3.63, 3.8) is 0 Å². The smallest absolute Gasteiger partial charge is 0.104 e. The first-order chi connectivity index (χ1) is 9.24. The third kappa shape index (κ3) is 6.81. The summed E-state index contributed by atoms with van der Waals surface area (Å²) in [5.74, 6) is 0. The molecule has 19 heavy (non-hydrogen) atoms. The lowest BCUT2D eigenvalue weighted by atomic mass is 10.2. The number of hydrazone groups is 1. The Morgan fingerprint density at radius 3 is 2.89 bits per heavy atom. The van der Waals surface area contributed by atoms with Crippen LogP contribution < -0.4 is 10.7 Å². The van der Waals surface area contributed by atoms with E-state index in [1.54, 1.807) is 18.6 Å². The maximum Gasteiger partial charge on any atom is 0.104 e. The largest absolute Gasteiger partial charge is 0.378 e. The van der Waals surface area contributed by atoms with E-state index < -0.39 is 0 Å². The van der Waals surface area contributed by atoms with Crippen molar-refractivity contribution >= 4 is 22.9 Å². The van der Waals surface area contributed by atoms with Crippen LogP contribution in [0.2, 0.25) is 0 Å². The van der Waals surface area contributed by atoms with Crippen molar-refractivity contribution in [3.8, 4) is 0 Å². The first-order valence-corrected chi connectivity index (χ1v) is 6.95. The molecule has 0 amide bonds. The molecule has 0 radical (unpaired) electrons. The predicted molar refractivity (Wildman–Crippen MR) is 82.4 cm³/mol. The third-order valence-electron chi connectivity index (χ3n) is 2.52. The molecule has 1 heterocycles. The summed E-state index contributed by atoms with van der Waals surface area (Å²) < 4.78 is 0. The van der Waals surface area contributed by atoms with Gasteiger partial charge in [0.05, 0.1) is 23.4 Å². The van der Waals surface area contributed by atoms with E-state index in [0.717, 1.165) is 29.4 Å². The average Bonchev–Trinajstić information content (AvgIpc) is 2.44. The van der Waals surface area contributed by atoms with Gasteiger partial charge in [-0.2, -0.15) is 5.10 Å². The first kappa shape index (κ1) is 15.5. The number of nitrogens with one attached hydrogen (secondary N) is 2. The standard InChI is InChI=1S/C13H21N5S/c1-3-4-5-6-16-13(19)10-17-18-11(2)12-9-14-7-8-15-12/h7-9,17H,3-6,10H2,1-2H3,(H,16,19)/b18-11+. The van der Waals surface area contributed by atoms with Crippen molar-refractivity contribution in [3.05, 3.63) is 24.3 Å². The average molecular weight is 279 g/mol. The Morgan fingerprint density at radius 1 is 1.37 bits per heavy atom. The topological polar surface area (TPSA) is 62.2 Å². The van der Waals surface area contributed by atoms with Crippen LogP contribution in [0.4, 0.5) is 0 Å². The van der Waals surface area contributed by atoms with Gasteiger partial charge in [-0.15, -0.1) is 0 Å². The lowest BCUT2D eigenvalue weighted by molar-refractivity contribution is 0.691. The number of nitrogens with zero attached hydrogens (tertiary/aromatic N) is 3. The molecule has 0 atom stereocenters. The van der Waals surface area contributed by atoms with Crippen LogP contribution in [0, 0.1) is 0 Å². The summed E-state index contributed by atoms with van der Waals surface area (Å²) in [7, 11) is 0. The zero-order chi connectivity index (χ0) is 13.9. The Morgan fingerprint density at radius 2 is 2.21 bits per heavy atom. The van der Waals surface area contributed by atoms with E-state index in [1.807, 2.05) is 6.92 Å². The maximum atomic E-state index is 5.20. The van der Waals surface area contributed by atoms with Gasteiger partial charge in [-0.1, -0.05) is 32.0 Å². The second-order valence-electron chi connectivity index (χ2n) is 4.18. The minimum absolute atomic E-state index is 0.541. The van der Waals surface area contributed by atoms with Crippen LogP contribution in [0.15, 0.2) is 23.7 Å². The second-order valence-corrected chi connectivity index (χ2v) is 4.67. The molecule has 0 aliphatic rings. The number of hydrogen-bond donors (Lipinski definition) is 2. The Bertz CT molecular complexity index is 405. The maximum absolute atomic E-state index is 5.20. The minimum atomic E-state index is 0.541. The Labute approximate surface area is 119 Å². The Balaban J connectivity index is 2.23. The summed E-state index contributed by atoms with van der Waals surface area (Å²) in [6.45, 7) is 5.54. The highest BCUT2D eigenvalue weighted by Crippen LogP contribution is 1.93. The van der Waals surface area contributed by atoms with Gasteiger partial charge in [-0.3, -0.25) is 9.97 Å². The molecule has 0 aliphatic heterocycles. The van der Waals surface area contributed by atoms with Crippen molar-refractivity contribution in [2.24, 2.45) is 5.10 Å². The summed E-state index contributed by atoms with van der Waals surface area (Å²) in [4.78, 5) is 8.95. The summed E-state index contributed by atoms with van der Waals surface area (Å²) in [6.07, 6.45) is 8.56. The molecule has 1 aromatic heterocycles. The monoisotopic (exact) mass is 279 g/mol. The molecule has 2 N–H and O–H groups in total. The van der Waals surface area contributed by atoms with Crippen LogP contribution in [-0.4, -0.2) is 33.8 Å². The van der Waals surface area contributed by atoms with Crippen LogP contribution in [0.3, 0.4) is 0 Å². The molecular formula is C13H21N5S. The molecule has 0 aromatic carbocycles. The second kappa shape index (κ2) is 9.38. The lowest BCUT2D eigenvalue weighted by Gasteiger charge is -2.07.